The van der Waals surface area contributed by atoms with E-state index in [1.807, 2.05) is 6.92 Å². The first-order valence-electron chi connectivity index (χ1n) is 6.10. The molecule has 2 aromatic rings. The van der Waals surface area contributed by atoms with E-state index in [1.54, 1.807) is 24.7 Å². The van der Waals surface area contributed by atoms with Crippen molar-refractivity contribution in [3.63, 3.8) is 0 Å². The number of nitrogens with one attached hydrogen (secondary N) is 1. The van der Waals surface area contributed by atoms with Crippen LogP contribution in [-0.2, 0) is 13.5 Å². The van der Waals surface area contributed by atoms with Crippen molar-refractivity contribution in [2.24, 2.45) is 7.05 Å². The molecule has 2 heterocycles. The van der Waals surface area contributed by atoms with E-state index in [9.17, 15) is 9.59 Å². The molecule has 0 spiro atoms. The third-order valence-corrected chi connectivity index (χ3v) is 4.26. The number of thiophene rings is 1. The highest BCUT2D eigenvalue weighted by atomic mass is 32.1. The number of rotatable bonds is 4. The summed E-state index contributed by atoms with van der Waals surface area (Å²) in [7, 11) is 1.75. The summed E-state index contributed by atoms with van der Waals surface area (Å²) in [4.78, 5) is 24.3. The van der Waals surface area contributed by atoms with Crippen LogP contribution in [0.4, 0.5) is 5.00 Å². The number of nitrogens with zero attached hydrogens (tertiary/aromatic N) is 2. The van der Waals surface area contributed by atoms with Gasteiger partial charge in [-0.25, -0.2) is 4.79 Å². The first-order valence-corrected chi connectivity index (χ1v) is 6.91. The molecule has 2 aromatic heterocycles. The minimum atomic E-state index is -1.04. The van der Waals surface area contributed by atoms with Crippen molar-refractivity contribution >= 4 is 28.2 Å². The van der Waals surface area contributed by atoms with Gasteiger partial charge in [-0.1, -0.05) is 6.92 Å². The molecule has 0 fully saturated rings. The number of carboxylic acids is 1. The standard InChI is InChI=1S/C13H15N3O3S/c1-4-8-5-9(13(18)19)12(20-8)15-11(17)10-6-14-16(3)7(10)2/h5-6H,4H2,1-3H3,(H,15,17)(H,18,19). The Morgan fingerprint density at radius 3 is 2.65 bits per heavy atom. The average Bonchev–Trinajstić information content (AvgIpc) is 2.95. The summed E-state index contributed by atoms with van der Waals surface area (Å²) in [5.41, 5.74) is 1.30. The maximum absolute atomic E-state index is 12.2. The van der Waals surface area contributed by atoms with Gasteiger partial charge >= 0.3 is 5.97 Å². The van der Waals surface area contributed by atoms with Crippen molar-refractivity contribution in [2.45, 2.75) is 20.3 Å². The lowest BCUT2D eigenvalue weighted by atomic mass is 10.2. The second-order valence-corrected chi connectivity index (χ2v) is 5.47. The largest absolute Gasteiger partial charge is 0.478 e. The second kappa shape index (κ2) is 5.46. The molecule has 7 heteroatoms. The lowest BCUT2D eigenvalue weighted by Gasteiger charge is -2.03. The molecule has 2 rings (SSSR count). The Morgan fingerprint density at radius 1 is 1.45 bits per heavy atom. The number of carbonyl (C=O) groups excluding carboxylic acids is 1. The van der Waals surface area contributed by atoms with E-state index in [0.717, 1.165) is 17.0 Å². The van der Waals surface area contributed by atoms with Gasteiger partial charge in [-0.2, -0.15) is 5.10 Å². The molecule has 0 saturated heterocycles. The zero-order valence-corrected chi connectivity index (χ0v) is 12.2. The lowest BCUT2D eigenvalue weighted by molar-refractivity contribution is 0.0698. The van der Waals surface area contributed by atoms with Gasteiger partial charge in [-0.3, -0.25) is 9.48 Å². The van der Waals surface area contributed by atoms with Crippen LogP contribution in [0.2, 0.25) is 0 Å². The minimum absolute atomic E-state index is 0.127. The maximum atomic E-state index is 12.2. The molecule has 106 valence electrons. The van der Waals surface area contributed by atoms with Crippen LogP contribution in [0.1, 0.15) is 38.2 Å². The molecular weight excluding hydrogens is 278 g/mol. The summed E-state index contributed by atoms with van der Waals surface area (Å²) in [6, 6.07) is 1.60. The van der Waals surface area contributed by atoms with E-state index >= 15 is 0 Å². The number of hydrogen-bond donors (Lipinski definition) is 2. The minimum Gasteiger partial charge on any atom is -0.478 e. The van der Waals surface area contributed by atoms with Crippen LogP contribution >= 0.6 is 11.3 Å². The first-order chi connectivity index (χ1) is 9.43. The van der Waals surface area contributed by atoms with Gasteiger partial charge in [-0.05, 0) is 19.4 Å². The number of carbonyl (C=O) groups is 2. The molecule has 0 bridgehead atoms. The van der Waals surface area contributed by atoms with Crippen molar-refractivity contribution in [1.29, 1.82) is 0 Å². The van der Waals surface area contributed by atoms with Crippen LogP contribution in [0, 0.1) is 6.92 Å². The Kier molecular flexibility index (Phi) is 3.89. The van der Waals surface area contributed by atoms with Gasteiger partial charge in [0.1, 0.15) is 5.00 Å². The Hall–Kier alpha value is -2.15. The van der Waals surface area contributed by atoms with Gasteiger partial charge in [0.15, 0.2) is 0 Å². The fourth-order valence-electron chi connectivity index (χ4n) is 1.76. The van der Waals surface area contributed by atoms with Crippen LogP contribution in [-0.4, -0.2) is 26.8 Å². The third kappa shape index (κ3) is 2.57. The predicted molar refractivity (Wildman–Crippen MR) is 76.6 cm³/mol. The van der Waals surface area contributed by atoms with E-state index in [0.29, 0.717) is 10.6 Å². The topological polar surface area (TPSA) is 84.2 Å². The Labute approximate surface area is 120 Å². The van der Waals surface area contributed by atoms with Gasteiger partial charge in [0.2, 0.25) is 0 Å². The molecule has 0 aliphatic heterocycles. The fraction of sp³-hybridized carbons (Fsp3) is 0.308. The Bertz CT molecular complexity index is 672. The van der Waals surface area contributed by atoms with Gasteiger partial charge in [0.05, 0.1) is 17.3 Å². The maximum Gasteiger partial charge on any atom is 0.338 e. The molecule has 0 aliphatic rings. The van der Waals surface area contributed by atoms with Crippen LogP contribution in [0.25, 0.3) is 0 Å². The van der Waals surface area contributed by atoms with Gasteiger partial charge in [0, 0.05) is 17.6 Å². The second-order valence-electron chi connectivity index (χ2n) is 4.34. The summed E-state index contributed by atoms with van der Waals surface area (Å²) in [6.07, 6.45) is 2.20. The van der Waals surface area contributed by atoms with Crippen LogP contribution < -0.4 is 5.32 Å². The molecule has 6 nitrogen and oxygen atoms in total. The molecular formula is C13H15N3O3S. The highest BCUT2D eigenvalue weighted by Crippen LogP contribution is 2.29. The SMILES string of the molecule is CCc1cc(C(=O)O)c(NC(=O)c2cnn(C)c2C)s1. The number of anilines is 1. The highest BCUT2D eigenvalue weighted by Gasteiger charge is 2.19. The number of aromatic nitrogens is 2. The molecule has 20 heavy (non-hydrogen) atoms. The number of aromatic carboxylic acids is 1. The normalized spacial score (nSPS) is 10.6. The molecule has 0 atom stereocenters. The van der Waals surface area contributed by atoms with Crippen molar-refractivity contribution in [2.75, 3.05) is 5.32 Å². The van der Waals surface area contributed by atoms with Crippen LogP contribution in [0.15, 0.2) is 12.3 Å². The Balaban J connectivity index is 2.30. The van der Waals surface area contributed by atoms with E-state index in [-0.39, 0.29) is 11.5 Å². The summed E-state index contributed by atoms with van der Waals surface area (Å²) in [6.45, 7) is 3.72. The van der Waals surface area contributed by atoms with Gasteiger partial charge < -0.3 is 10.4 Å². The summed E-state index contributed by atoms with van der Waals surface area (Å²) < 4.78 is 1.60. The molecule has 0 radical (unpaired) electrons. The number of carboxylic acid groups (broad SMARTS) is 1. The quantitative estimate of drug-likeness (QED) is 0.906. The fourth-order valence-corrected chi connectivity index (χ4v) is 2.74. The Morgan fingerprint density at radius 2 is 2.15 bits per heavy atom. The molecule has 0 unspecified atom stereocenters. The van der Waals surface area contributed by atoms with Crippen molar-refractivity contribution < 1.29 is 14.7 Å². The van der Waals surface area contributed by atoms with Crippen molar-refractivity contribution in [3.05, 3.63) is 34.0 Å². The highest BCUT2D eigenvalue weighted by molar-refractivity contribution is 7.16. The van der Waals surface area contributed by atoms with E-state index in [2.05, 4.69) is 10.4 Å². The monoisotopic (exact) mass is 293 g/mol. The number of aryl methyl sites for hydroxylation is 2. The smallest absolute Gasteiger partial charge is 0.338 e. The summed E-state index contributed by atoms with van der Waals surface area (Å²) >= 11 is 1.28. The zero-order valence-electron chi connectivity index (χ0n) is 11.4. The van der Waals surface area contributed by atoms with Crippen LogP contribution in [0.3, 0.4) is 0 Å². The number of hydrogen-bond acceptors (Lipinski definition) is 4. The molecule has 0 aliphatic carbocycles. The third-order valence-electron chi connectivity index (χ3n) is 3.07. The summed E-state index contributed by atoms with van der Waals surface area (Å²) in [5.74, 6) is -1.39. The zero-order chi connectivity index (χ0) is 14.9. The van der Waals surface area contributed by atoms with E-state index < -0.39 is 5.97 Å². The van der Waals surface area contributed by atoms with Crippen LogP contribution in [0.5, 0.6) is 0 Å². The number of amides is 1. The van der Waals surface area contributed by atoms with Crippen molar-refractivity contribution in [1.82, 2.24) is 9.78 Å². The predicted octanol–water partition coefficient (Wildman–Crippen LogP) is 2.30. The van der Waals surface area contributed by atoms with E-state index in [4.69, 9.17) is 5.11 Å². The molecule has 1 amide bonds. The van der Waals surface area contributed by atoms with Gasteiger partial charge in [0.25, 0.3) is 5.91 Å². The summed E-state index contributed by atoms with van der Waals surface area (Å²) in [5, 5.41) is 16.2. The first kappa shape index (κ1) is 14.3. The lowest BCUT2D eigenvalue weighted by Crippen LogP contribution is -2.14. The van der Waals surface area contributed by atoms with E-state index in [1.165, 1.54) is 17.5 Å². The molecule has 2 N–H and O–H groups in total. The van der Waals surface area contributed by atoms with Crippen molar-refractivity contribution in [3.8, 4) is 0 Å². The van der Waals surface area contributed by atoms with Gasteiger partial charge in [-0.15, -0.1) is 11.3 Å². The molecule has 0 aromatic carbocycles. The average molecular weight is 293 g/mol. The molecule has 0 saturated carbocycles.